The van der Waals surface area contributed by atoms with Gasteiger partial charge < -0.3 is 4.90 Å². The SMILES string of the molecule is C=CCN1CCCC12CCCN(C(=O)c1ccnnc1)C2. The lowest BCUT2D eigenvalue weighted by Gasteiger charge is -2.45. The number of hydrogen-bond acceptors (Lipinski definition) is 4. The first-order chi connectivity index (χ1) is 10.2. The standard InChI is InChI=1S/C16H22N4O/c1-2-9-20-11-4-7-16(20)6-3-10-19(13-16)15(21)14-5-8-17-18-12-14/h2,5,8,12H,1,3-4,6-7,9-11,13H2. The first-order valence-electron chi connectivity index (χ1n) is 7.67. The summed E-state index contributed by atoms with van der Waals surface area (Å²) in [5.74, 6) is 0.0782. The Morgan fingerprint density at radius 1 is 1.33 bits per heavy atom. The summed E-state index contributed by atoms with van der Waals surface area (Å²) in [7, 11) is 0. The third-order valence-corrected chi connectivity index (χ3v) is 4.76. The minimum Gasteiger partial charge on any atom is -0.337 e. The molecule has 2 aliphatic rings. The van der Waals surface area contributed by atoms with Gasteiger partial charge in [-0.2, -0.15) is 10.2 Å². The fraction of sp³-hybridized carbons (Fsp3) is 0.562. The Morgan fingerprint density at radius 3 is 2.86 bits per heavy atom. The van der Waals surface area contributed by atoms with Crippen molar-refractivity contribution in [2.75, 3.05) is 26.2 Å². The Hall–Kier alpha value is -1.75. The van der Waals surface area contributed by atoms with Crippen LogP contribution in [-0.2, 0) is 0 Å². The van der Waals surface area contributed by atoms with Gasteiger partial charge in [-0.3, -0.25) is 9.69 Å². The van der Waals surface area contributed by atoms with Gasteiger partial charge >= 0.3 is 0 Å². The molecule has 5 heteroatoms. The zero-order valence-corrected chi connectivity index (χ0v) is 12.4. The van der Waals surface area contributed by atoms with Crippen LogP contribution in [0, 0.1) is 0 Å². The summed E-state index contributed by atoms with van der Waals surface area (Å²) in [5.41, 5.74) is 0.790. The summed E-state index contributed by atoms with van der Waals surface area (Å²) >= 11 is 0. The van der Waals surface area contributed by atoms with Crippen molar-refractivity contribution in [2.24, 2.45) is 0 Å². The second-order valence-electron chi connectivity index (χ2n) is 6.02. The molecule has 5 nitrogen and oxygen atoms in total. The highest BCUT2D eigenvalue weighted by atomic mass is 16.2. The molecule has 1 atom stereocenters. The van der Waals surface area contributed by atoms with E-state index in [0.717, 1.165) is 32.6 Å². The first kappa shape index (κ1) is 14.2. The van der Waals surface area contributed by atoms with E-state index in [1.165, 1.54) is 19.3 Å². The van der Waals surface area contributed by atoms with Crippen LogP contribution in [0.2, 0.25) is 0 Å². The smallest absolute Gasteiger partial charge is 0.255 e. The van der Waals surface area contributed by atoms with Gasteiger partial charge in [-0.1, -0.05) is 6.08 Å². The van der Waals surface area contributed by atoms with Gasteiger partial charge in [0.1, 0.15) is 0 Å². The number of amides is 1. The van der Waals surface area contributed by atoms with Crippen LogP contribution in [-0.4, -0.2) is 57.6 Å². The molecule has 0 N–H and O–H groups in total. The molecule has 0 aliphatic carbocycles. The average molecular weight is 286 g/mol. The predicted molar refractivity (Wildman–Crippen MR) is 80.9 cm³/mol. The number of nitrogens with zero attached hydrogens (tertiary/aromatic N) is 4. The lowest BCUT2D eigenvalue weighted by Crippen LogP contribution is -2.56. The van der Waals surface area contributed by atoms with Gasteiger partial charge in [0.05, 0.1) is 18.0 Å². The van der Waals surface area contributed by atoms with Crippen LogP contribution < -0.4 is 0 Å². The van der Waals surface area contributed by atoms with Crippen molar-refractivity contribution >= 4 is 5.91 Å². The molecule has 0 radical (unpaired) electrons. The van der Waals surface area contributed by atoms with Gasteiger partial charge in [0.15, 0.2) is 0 Å². The van der Waals surface area contributed by atoms with Crippen LogP contribution in [0.5, 0.6) is 0 Å². The van der Waals surface area contributed by atoms with Crippen LogP contribution >= 0.6 is 0 Å². The Morgan fingerprint density at radius 2 is 2.14 bits per heavy atom. The summed E-state index contributed by atoms with van der Waals surface area (Å²) < 4.78 is 0. The third-order valence-electron chi connectivity index (χ3n) is 4.76. The molecule has 0 saturated carbocycles. The van der Waals surface area contributed by atoms with E-state index in [-0.39, 0.29) is 11.4 Å². The zero-order valence-electron chi connectivity index (χ0n) is 12.4. The van der Waals surface area contributed by atoms with Crippen LogP contribution in [0.25, 0.3) is 0 Å². The Bertz CT molecular complexity index is 518. The molecule has 21 heavy (non-hydrogen) atoms. The van der Waals surface area contributed by atoms with Crippen LogP contribution in [0.4, 0.5) is 0 Å². The van der Waals surface area contributed by atoms with Gasteiger partial charge in [0, 0.05) is 25.2 Å². The van der Waals surface area contributed by atoms with E-state index in [1.807, 2.05) is 11.0 Å². The van der Waals surface area contributed by atoms with E-state index in [9.17, 15) is 4.79 Å². The second-order valence-corrected chi connectivity index (χ2v) is 6.02. The van der Waals surface area contributed by atoms with Crippen molar-refractivity contribution in [1.82, 2.24) is 20.0 Å². The number of hydrogen-bond donors (Lipinski definition) is 0. The highest BCUT2D eigenvalue weighted by molar-refractivity contribution is 5.93. The van der Waals surface area contributed by atoms with Crippen LogP contribution in [0.15, 0.2) is 31.1 Å². The summed E-state index contributed by atoms with van der Waals surface area (Å²) in [6.07, 6.45) is 9.75. The zero-order chi connectivity index (χ0) is 14.7. The van der Waals surface area contributed by atoms with Gasteiger partial charge in [-0.05, 0) is 38.3 Å². The number of rotatable bonds is 3. The number of likely N-dealkylation sites (tertiary alicyclic amines) is 2. The van der Waals surface area contributed by atoms with Crippen LogP contribution in [0.3, 0.4) is 0 Å². The van der Waals surface area contributed by atoms with E-state index >= 15 is 0 Å². The third kappa shape index (κ3) is 2.70. The van der Waals surface area contributed by atoms with Crippen molar-refractivity contribution in [3.63, 3.8) is 0 Å². The quantitative estimate of drug-likeness (QED) is 0.794. The molecular weight excluding hydrogens is 264 g/mol. The fourth-order valence-corrected chi connectivity index (χ4v) is 3.78. The van der Waals surface area contributed by atoms with Crippen molar-refractivity contribution in [3.8, 4) is 0 Å². The molecule has 112 valence electrons. The molecule has 1 spiro atoms. The number of carbonyl (C=O) groups is 1. The Balaban J connectivity index is 1.76. The Labute approximate surface area is 125 Å². The fourth-order valence-electron chi connectivity index (χ4n) is 3.78. The van der Waals surface area contributed by atoms with E-state index in [1.54, 1.807) is 18.5 Å². The monoisotopic (exact) mass is 286 g/mol. The van der Waals surface area contributed by atoms with Crippen LogP contribution in [0.1, 0.15) is 36.0 Å². The van der Waals surface area contributed by atoms with Crippen molar-refractivity contribution in [3.05, 3.63) is 36.7 Å². The number of piperidine rings is 1. The molecule has 2 fully saturated rings. The molecule has 1 amide bonds. The number of carbonyl (C=O) groups excluding carboxylic acids is 1. The summed E-state index contributed by atoms with van der Waals surface area (Å²) in [5, 5.41) is 7.55. The molecule has 0 aromatic carbocycles. The minimum absolute atomic E-state index is 0.0782. The lowest BCUT2D eigenvalue weighted by molar-refractivity contribution is 0.0366. The molecule has 2 saturated heterocycles. The maximum Gasteiger partial charge on any atom is 0.255 e. The minimum atomic E-state index is 0.0782. The van der Waals surface area contributed by atoms with E-state index in [0.29, 0.717) is 5.56 Å². The molecule has 1 aromatic rings. The maximum atomic E-state index is 12.6. The molecule has 3 rings (SSSR count). The van der Waals surface area contributed by atoms with E-state index < -0.39 is 0 Å². The Kier molecular flexibility index (Phi) is 4.01. The highest BCUT2D eigenvalue weighted by Gasteiger charge is 2.44. The topological polar surface area (TPSA) is 49.3 Å². The summed E-state index contributed by atoms with van der Waals surface area (Å²) in [4.78, 5) is 17.1. The van der Waals surface area contributed by atoms with E-state index in [4.69, 9.17) is 0 Å². The molecule has 0 bridgehead atoms. The summed E-state index contributed by atoms with van der Waals surface area (Å²) in [6, 6.07) is 1.74. The average Bonchev–Trinajstić information content (AvgIpc) is 2.90. The normalized spacial score (nSPS) is 26.2. The molecule has 2 aliphatic heterocycles. The molecule has 3 heterocycles. The summed E-state index contributed by atoms with van der Waals surface area (Å²) in [6.45, 7) is 7.56. The largest absolute Gasteiger partial charge is 0.337 e. The van der Waals surface area contributed by atoms with Crippen molar-refractivity contribution in [1.29, 1.82) is 0 Å². The van der Waals surface area contributed by atoms with Gasteiger partial charge in [-0.15, -0.1) is 6.58 Å². The molecular formula is C16H22N4O. The highest BCUT2D eigenvalue weighted by Crippen LogP contribution is 2.37. The van der Waals surface area contributed by atoms with Gasteiger partial charge in [0.25, 0.3) is 5.91 Å². The second kappa shape index (κ2) is 5.93. The maximum absolute atomic E-state index is 12.6. The van der Waals surface area contributed by atoms with Gasteiger partial charge in [-0.25, -0.2) is 0 Å². The number of aromatic nitrogens is 2. The van der Waals surface area contributed by atoms with Gasteiger partial charge in [0.2, 0.25) is 0 Å². The van der Waals surface area contributed by atoms with Crippen molar-refractivity contribution in [2.45, 2.75) is 31.2 Å². The first-order valence-corrected chi connectivity index (χ1v) is 7.67. The lowest BCUT2D eigenvalue weighted by atomic mass is 9.86. The van der Waals surface area contributed by atoms with E-state index in [2.05, 4.69) is 21.7 Å². The predicted octanol–water partition coefficient (Wildman–Crippen LogP) is 1.73. The molecule has 1 unspecified atom stereocenters. The van der Waals surface area contributed by atoms with Crippen molar-refractivity contribution < 1.29 is 4.79 Å². The molecule has 1 aromatic heterocycles.